The average Bonchev–Trinajstić information content (AvgIpc) is 2.76. The van der Waals surface area contributed by atoms with E-state index in [1.165, 1.54) is 20.3 Å². The fourth-order valence-corrected chi connectivity index (χ4v) is 3.51. The maximum Gasteiger partial charge on any atom is 0.343 e. The fourth-order valence-electron chi connectivity index (χ4n) is 3.05. The Morgan fingerprint density at radius 1 is 1.06 bits per heavy atom. The van der Waals surface area contributed by atoms with Gasteiger partial charge in [-0.15, -0.1) is 12.4 Å². The van der Waals surface area contributed by atoms with Crippen molar-refractivity contribution >= 4 is 58.9 Å². The lowest BCUT2D eigenvalue weighted by Crippen LogP contribution is -2.17. The highest BCUT2D eigenvalue weighted by molar-refractivity contribution is 6.36. The van der Waals surface area contributed by atoms with Crippen LogP contribution in [0.4, 0.5) is 11.4 Å². The summed E-state index contributed by atoms with van der Waals surface area (Å²) in [6.07, 6.45) is 0. The van der Waals surface area contributed by atoms with E-state index in [0.29, 0.717) is 16.4 Å². The molecule has 0 aliphatic heterocycles. The number of aromatic nitrogens is 1. The number of nitrogens with two attached hydrogens (primary N) is 1. The third-order valence-electron chi connectivity index (χ3n) is 4.66. The molecule has 0 spiro atoms. The summed E-state index contributed by atoms with van der Waals surface area (Å²) >= 11 is 12.6. The molecule has 0 saturated heterocycles. The number of ether oxygens (including phenoxy) is 2. The summed E-state index contributed by atoms with van der Waals surface area (Å²) in [7, 11) is 2.55. The first-order valence-corrected chi connectivity index (χ1v) is 9.82. The van der Waals surface area contributed by atoms with Gasteiger partial charge in [0.15, 0.2) is 5.69 Å². The predicted molar refractivity (Wildman–Crippen MR) is 128 cm³/mol. The van der Waals surface area contributed by atoms with Crippen LogP contribution in [0, 0.1) is 6.92 Å². The molecular formula is C22H20Cl3N3O4. The Morgan fingerprint density at radius 3 is 2.38 bits per heavy atom. The first-order valence-electron chi connectivity index (χ1n) is 9.06. The fraction of sp³-hybridized carbons (Fsp3) is 0.136. The number of nitrogens with one attached hydrogen (secondary N) is 1. The summed E-state index contributed by atoms with van der Waals surface area (Å²) in [6.45, 7) is 1.85. The highest BCUT2D eigenvalue weighted by atomic mass is 35.5. The molecule has 32 heavy (non-hydrogen) atoms. The van der Waals surface area contributed by atoms with Crippen molar-refractivity contribution in [2.45, 2.75) is 6.92 Å². The van der Waals surface area contributed by atoms with Crippen LogP contribution in [-0.2, 0) is 4.74 Å². The second kappa shape index (κ2) is 10.5. The number of rotatable bonds is 5. The molecule has 0 bridgehead atoms. The lowest BCUT2D eigenvalue weighted by molar-refractivity contribution is 0.0595. The number of carbonyl (C=O) groups excluding carboxylic acids is 2. The minimum absolute atomic E-state index is 0. The van der Waals surface area contributed by atoms with Crippen LogP contribution in [0.25, 0.3) is 11.1 Å². The van der Waals surface area contributed by atoms with E-state index >= 15 is 0 Å². The van der Waals surface area contributed by atoms with Gasteiger partial charge in [0, 0.05) is 11.3 Å². The maximum absolute atomic E-state index is 12.9. The lowest BCUT2D eigenvalue weighted by atomic mass is 9.98. The molecule has 0 aliphatic carbocycles. The Balaban J connectivity index is 0.00000363. The summed E-state index contributed by atoms with van der Waals surface area (Å²) in [5.41, 5.74) is 9.17. The van der Waals surface area contributed by atoms with Gasteiger partial charge in [-0.3, -0.25) is 4.79 Å². The number of hydrogen-bond donors (Lipinski definition) is 2. The number of amides is 1. The summed E-state index contributed by atoms with van der Waals surface area (Å²) in [5.74, 6) is -1.32. The van der Waals surface area contributed by atoms with Gasteiger partial charge in [-0.1, -0.05) is 47.5 Å². The molecule has 0 atom stereocenters. The Morgan fingerprint density at radius 2 is 1.72 bits per heavy atom. The van der Waals surface area contributed by atoms with Crippen LogP contribution in [0.3, 0.4) is 0 Å². The van der Waals surface area contributed by atoms with Crippen molar-refractivity contribution in [2.24, 2.45) is 0 Å². The molecule has 2 aromatic carbocycles. The van der Waals surface area contributed by atoms with E-state index in [1.54, 1.807) is 24.3 Å². The number of esters is 1. The molecule has 0 fully saturated rings. The zero-order chi connectivity index (χ0) is 22.7. The second-order valence-electron chi connectivity index (χ2n) is 6.51. The number of methoxy groups -OCH3 is 2. The molecule has 0 saturated carbocycles. The number of pyridine rings is 1. The maximum atomic E-state index is 12.9. The number of carbonyl (C=O) groups is 2. The number of nitrogens with zero attached hydrogens (tertiary/aromatic N) is 1. The van der Waals surface area contributed by atoms with Crippen molar-refractivity contribution in [2.75, 3.05) is 25.3 Å². The predicted octanol–water partition coefficient (Wildman–Crippen LogP) is 5.42. The van der Waals surface area contributed by atoms with Gasteiger partial charge >= 0.3 is 5.97 Å². The van der Waals surface area contributed by atoms with Crippen molar-refractivity contribution < 1.29 is 19.1 Å². The second-order valence-corrected chi connectivity index (χ2v) is 7.29. The quantitative estimate of drug-likeness (QED) is 0.361. The van der Waals surface area contributed by atoms with Crippen LogP contribution in [0.15, 0.2) is 42.5 Å². The molecule has 168 valence electrons. The van der Waals surface area contributed by atoms with E-state index in [1.807, 2.05) is 19.1 Å². The topological polar surface area (TPSA) is 104 Å². The SMILES string of the molecule is COC(=O)c1cc(Cl)c(C(=O)Nc2cccc(-c3cccc(N)c3Cl)c2C)nc1OC.Cl. The largest absolute Gasteiger partial charge is 0.480 e. The number of halogens is 3. The molecule has 3 N–H and O–H groups in total. The smallest absolute Gasteiger partial charge is 0.343 e. The van der Waals surface area contributed by atoms with E-state index in [9.17, 15) is 9.59 Å². The van der Waals surface area contributed by atoms with Gasteiger partial charge in [-0.05, 0) is 36.2 Å². The monoisotopic (exact) mass is 495 g/mol. The first kappa shape index (κ1) is 25.3. The first-order chi connectivity index (χ1) is 14.8. The third-order valence-corrected chi connectivity index (χ3v) is 5.37. The molecule has 3 aromatic rings. The van der Waals surface area contributed by atoms with Crippen molar-refractivity contribution in [3.8, 4) is 17.0 Å². The number of benzene rings is 2. The molecule has 0 aliphatic rings. The molecule has 1 heterocycles. The number of anilines is 2. The van der Waals surface area contributed by atoms with E-state index in [-0.39, 0.29) is 34.6 Å². The van der Waals surface area contributed by atoms with Gasteiger partial charge in [0.25, 0.3) is 5.91 Å². The number of hydrogen-bond acceptors (Lipinski definition) is 6. The van der Waals surface area contributed by atoms with Crippen molar-refractivity contribution in [3.63, 3.8) is 0 Å². The zero-order valence-corrected chi connectivity index (χ0v) is 19.7. The van der Waals surface area contributed by atoms with Gasteiger partial charge in [0.2, 0.25) is 5.88 Å². The van der Waals surface area contributed by atoms with Gasteiger partial charge in [0.1, 0.15) is 5.56 Å². The van der Waals surface area contributed by atoms with Gasteiger partial charge in [-0.2, -0.15) is 0 Å². The van der Waals surface area contributed by atoms with Crippen LogP contribution in [-0.4, -0.2) is 31.1 Å². The normalized spacial score (nSPS) is 10.2. The van der Waals surface area contributed by atoms with Crippen LogP contribution < -0.4 is 15.8 Å². The Hall–Kier alpha value is -3.00. The van der Waals surface area contributed by atoms with Crippen LogP contribution in [0.2, 0.25) is 10.0 Å². The van der Waals surface area contributed by atoms with E-state index in [0.717, 1.165) is 16.7 Å². The minimum atomic E-state index is -0.680. The van der Waals surface area contributed by atoms with E-state index in [2.05, 4.69) is 15.0 Å². The van der Waals surface area contributed by atoms with E-state index < -0.39 is 11.9 Å². The van der Waals surface area contributed by atoms with Crippen LogP contribution >= 0.6 is 35.6 Å². The summed E-state index contributed by atoms with van der Waals surface area (Å²) in [4.78, 5) is 28.9. The van der Waals surface area contributed by atoms with Crippen LogP contribution in [0.5, 0.6) is 5.88 Å². The highest BCUT2D eigenvalue weighted by Gasteiger charge is 2.22. The summed E-state index contributed by atoms with van der Waals surface area (Å²) in [5, 5.41) is 3.20. The van der Waals surface area contributed by atoms with Crippen molar-refractivity contribution in [3.05, 3.63) is 69.3 Å². The highest BCUT2D eigenvalue weighted by Crippen LogP contribution is 2.36. The molecule has 1 aromatic heterocycles. The van der Waals surface area contributed by atoms with Crippen LogP contribution in [0.1, 0.15) is 26.4 Å². The van der Waals surface area contributed by atoms with Crippen molar-refractivity contribution in [1.29, 1.82) is 0 Å². The molecule has 7 nitrogen and oxygen atoms in total. The molecule has 10 heteroatoms. The Labute approximate surface area is 201 Å². The molecular weight excluding hydrogens is 477 g/mol. The number of nitrogen functional groups attached to an aromatic ring is 1. The summed E-state index contributed by atoms with van der Waals surface area (Å²) < 4.78 is 9.79. The Kier molecular flexibility index (Phi) is 8.32. The molecule has 0 radical (unpaired) electrons. The van der Waals surface area contributed by atoms with E-state index in [4.69, 9.17) is 33.7 Å². The summed E-state index contributed by atoms with van der Waals surface area (Å²) in [6, 6.07) is 12.1. The molecule has 1 amide bonds. The third kappa shape index (κ3) is 4.91. The lowest BCUT2D eigenvalue weighted by Gasteiger charge is -2.15. The minimum Gasteiger partial charge on any atom is -0.480 e. The van der Waals surface area contributed by atoms with Gasteiger partial charge in [-0.25, -0.2) is 9.78 Å². The average molecular weight is 497 g/mol. The molecule has 3 rings (SSSR count). The van der Waals surface area contributed by atoms with Gasteiger partial charge in [0.05, 0.1) is 30.0 Å². The van der Waals surface area contributed by atoms with Crippen molar-refractivity contribution in [1.82, 2.24) is 4.98 Å². The zero-order valence-electron chi connectivity index (χ0n) is 17.4. The standard InChI is InChI=1S/C22H19Cl2N3O4.ClH/c1-11-12(13-7-4-8-16(25)18(13)24)6-5-9-17(11)26-20(28)19-15(23)10-14(22(29)31-3)21(27-19)30-2;/h4-10H,25H2,1-3H3,(H,26,28);1H. The Bertz CT molecular complexity index is 1190. The van der Waals surface area contributed by atoms with Gasteiger partial charge < -0.3 is 20.5 Å². The molecule has 0 unspecified atom stereocenters.